The van der Waals surface area contributed by atoms with Crippen LogP contribution in [0.3, 0.4) is 0 Å². The van der Waals surface area contributed by atoms with Crippen LogP contribution in [-0.4, -0.2) is 43.3 Å². The number of hydrogen-bond acceptors (Lipinski definition) is 3. The number of likely N-dealkylation sites (N-methyl/N-ethyl adjacent to an activating group) is 1. The number of hydrogen-bond donors (Lipinski definition) is 1. The number of nitrogens with zero attached hydrogens (tertiary/aromatic N) is 1. The summed E-state index contributed by atoms with van der Waals surface area (Å²) in [4.78, 5) is 13.1. The maximum Gasteiger partial charge on any atom is 0.407 e. The minimum absolute atomic E-state index is 0.259. The van der Waals surface area contributed by atoms with Gasteiger partial charge in [-0.25, -0.2) is 4.79 Å². The van der Waals surface area contributed by atoms with Gasteiger partial charge in [-0.2, -0.15) is 0 Å². The van der Waals surface area contributed by atoms with E-state index in [0.717, 1.165) is 13.0 Å². The molecule has 0 aromatic rings. The zero-order valence-electron chi connectivity index (χ0n) is 6.54. The maximum atomic E-state index is 10.8. The molecule has 0 spiro atoms. The maximum absolute atomic E-state index is 10.8. The van der Waals surface area contributed by atoms with E-state index in [1.807, 2.05) is 0 Å². The first-order valence-corrected chi connectivity index (χ1v) is 3.89. The second kappa shape index (κ2) is 2.37. The van der Waals surface area contributed by atoms with Crippen molar-refractivity contribution in [3.05, 3.63) is 0 Å². The Hall–Kier alpha value is -0.770. The molecule has 62 valence electrons. The lowest BCUT2D eigenvalue weighted by Gasteiger charge is -2.19. The van der Waals surface area contributed by atoms with Crippen molar-refractivity contribution in [3.63, 3.8) is 0 Å². The van der Waals surface area contributed by atoms with Crippen molar-refractivity contribution in [2.75, 3.05) is 20.2 Å². The van der Waals surface area contributed by atoms with Crippen molar-refractivity contribution in [1.82, 2.24) is 10.2 Å². The van der Waals surface area contributed by atoms with Crippen LogP contribution in [-0.2, 0) is 4.74 Å². The van der Waals surface area contributed by atoms with Gasteiger partial charge in [0.05, 0.1) is 0 Å². The lowest BCUT2D eigenvalue weighted by molar-refractivity contribution is 0.114. The molecule has 2 heterocycles. The molecule has 0 aliphatic carbocycles. The molecule has 0 aromatic heterocycles. The summed E-state index contributed by atoms with van der Waals surface area (Å²) in [6.45, 7) is 1.50. The lowest BCUT2D eigenvalue weighted by Crippen LogP contribution is -2.39. The van der Waals surface area contributed by atoms with Crippen LogP contribution in [0.1, 0.15) is 6.42 Å². The minimum Gasteiger partial charge on any atom is -0.448 e. The third-order valence-corrected chi connectivity index (χ3v) is 2.42. The molecule has 4 heteroatoms. The first-order valence-electron chi connectivity index (χ1n) is 3.89. The van der Waals surface area contributed by atoms with Crippen molar-refractivity contribution in [1.29, 1.82) is 0 Å². The van der Waals surface area contributed by atoms with E-state index in [0.29, 0.717) is 18.7 Å². The quantitative estimate of drug-likeness (QED) is 0.528. The van der Waals surface area contributed by atoms with E-state index in [2.05, 4.69) is 17.3 Å². The van der Waals surface area contributed by atoms with Gasteiger partial charge in [-0.05, 0) is 13.5 Å². The number of carbonyl (C=O) groups excluding carboxylic acids is 1. The Bertz CT molecular complexity index is 183. The van der Waals surface area contributed by atoms with E-state index >= 15 is 0 Å². The van der Waals surface area contributed by atoms with Gasteiger partial charge in [-0.15, -0.1) is 0 Å². The highest BCUT2D eigenvalue weighted by Crippen LogP contribution is 2.18. The van der Waals surface area contributed by atoms with E-state index < -0.39 is 0 Å². The van der Waals surface area contributed by atoms with Crippen molar-refractivity contribution >= 4 is 6.09 Å². The summed E-state index contributed by atoms with van der Waals surface area (Å²) in [5.74, 6) is 0. The standard InChI is InChI=1S/C7H12N2O2/c1-9-3-5-2-6(9)4-11-7(10)8-5/h5-6H,2-4H2,1H3,(H,8,10). The number of ether oxygens (including phenoxy) is 1. The predicted molar refractivity (Wildman–Crippen MR) is 39.3 cm³/mol. The van der Waals surface area contributed by atoms with Crippen LogP contribution >= 0.6 is 0 Å². The van der Waals surface area contributed by atoms with E-state index in [4.69, 9.17) is 4.74 Å². The zero-order chi connectivity index (χ0) is 7.84. The molecule has 2 atom stereocenters. The van der Waals surface area contributed by atoms with Crippen molar-refractivity contribution < 1.29 is 9.53 Å². The number of nitrogens with one attached hydrogen (secondary N) is 1. The minimum atomic E-state index is -0.259. The fourth-order valence-corrected chi connectivity index (χ4v) is 1.76. The summed E-state index contributed by atoms with van der Waals surface area (Å²) in [7, 11) is 2.06. The molecule has 1 amide bonds. The molecule has 2 bridgehead atoms. The largest absolute Gasteiger partial charge is 0.448 e. The second-order valence-electron chi connectivity index (χ2n) is 3.27. The predicted octanol–water partition coefficient (Wildman–Crippen LogP) is -0.201. The van der Waals surface area contributed by atoms with Crippen LogP contribution in [0.2, 0.25) is 0 Å². The molecule has 2 unspecified atom stereocenters. The highest BCUT2D eigenvalue weighted by Gasteiger charge is 2.34. The third-order valence-electron chi connectivity index (χ3n) is 2.42. The normalized spacial score (nSPS) is 37.7. The molecule has 2 aliphatic rings. The average molecular weight is 156 g/mol. The molecule has 1 N–H and O–H groups in total. The molecule has 0 saturated carbocycles. The fourth-order valence-electron chi connectivity index (χ4n) is 1.76. The number of fused-ring (bicyclic) bond motifs is 2. The van der Waals surface area contributed by atoms with Gasteiger partial charge >= 0.3 is 6.09 Å². The monoisotopic (exact) mass is 156 g/mol. The summed E-state index contributed by atoms with van der Waals surface area (Å²) < 4.78 is 4.92. The van der Waals surface area contributed by atoms with Crippen LogP contribution in [0.15, 0.2) is 0 Å². The number of carbonyl (C=O) groups is 1. The van der Waals surface area contributed by atoms with Crippen LogP contribution in [0, 0.1) is 0 Å². The van der Waals surface area contributed by atoms with Crippen LogP contribution in [0.4, 0.5) is 4.79 Å². The summed E-state index contributed by atoms with van der Waals surface area (Å²) in [5.41, 5.74) is 0. The summed E-state index contributed by atoms with van der Waals surface area (Å²) in [5, 5.41) is 2.80. The number of cyclic esters (lactones) is 1. The van der Waals surface area contributed by atoms with Crippen LogP contribution in [0.5, 0.6) is 0 Å². The Balaban J connectivity index is 2.08. The van der Waals surface area contributed by atoms with Crippen LogP contribution in [0.25, 0.3) is 0 Å². The molecular formula is C7H12N2O2. The highest BCUT2D eigenvalue weighted by atomic mass is 16.5. The molecular weight excluding hydrogens is 144 g/mol. The van der Waals surface area contributed by atoms with Gasteiger partial charge in [-0.1, -0.05) is 0 Å². The first-order chi connectivity index (χ1) is 5.25. The van der Waals surface area contributed by atoms with Gasteiger partial charge < -0.3 is 10.1 Å². The van der Waals surface area contributed by atoms with Crippen molar-refractivity contribution in [3.8, 4) is 0 Å². The molecule has 2 saturated heterocycles. The second-order valence-corrected chi connectivity index (χ2v) is 3.27. The highest BCUT2D eigenvalue weighted by molar-refractivity contribution is 5.68. The smallest absolute Gasteiger partial charge is 0.407 e. The topological polar surface area (TPSA) is 41.6 Å². The molecule has 0 aromatic carbocycles. The first kappa shape index (κ1) is 6.91. The Kier molecular flexibility index (Phi) is 1.49. The van der Waals surface area contributed by atoms with Gasteiger partial charge in [0, 0.05) is 18.6 Å². The Morgan fingerprint density at radius 1 is 1.73 bits per heavy atom. The SMILES string of the molecule is CN1CC2CC1COC(=O)N2. The summed E-state index contributed by atoms with van der Waals surface area (Å²) >= 11 is 0. The van der Waals surface area contributed by atoms with Crippen LogP contribution < -0.4 is 5.32 Å². The van der Waals surface area contributed by atoms with Gasteiger partial charge in [0.1, 0.15) is 6.61 Å². The Labute approximate surface area is 65.5 Å². The van der Waals surface area contributed by atoms with Gasteiger partial charge in [0.25, 0.3) is 0 Å². The van der Waals surface area contributed by atoms with Crippen molar-refractivity contribution in [2.24, 2.45) is 0 Å². The Morgan fingerprint density at radius 3 is 3.36 bits per heavy atom. The molecule has 11 heavy (non-hydrogen) atoms. The van der Waals surface area contributed by atoms with Gasteiger partial charge in [0.2, 0.25) is 0 Å². The molecule has 4 nitrogen and oxygen atoms in total. The number of alkyl carbamates (subject to hydrolysis) is 1. The average Bonchev–Trinajstić information content (AvgIpc) is 2.13. The fraction of sp³-hybridized carbons (Fsp3) is 0.857. The number of rotatable bonds is 0. The van der Waals surface area contributed by atoms with Gasteiger partial charge in [0.15, 0.2) is 0 Å². The molecule has 0 radical (unpaired) electrons. The van der Waals surface area contributed by atoms with E-state index in [1.54, 1.807) is 0 Å². The number of amides is 1. The third kappa shape index (κ3) is 1.18. The van der Waals surface area contributed by atoms with Gasteiger partial charge in [-0.3, -0.25) is 4.90 Å². The van der Waals surface area contributed by atoms with E-state index in [1.165, 1.54) is 0 Å². The summed E-state index contributed by atoms with van der Waals surface area (Å²) in [6.07, 6.45) is 0.771. The van der Waals surface area contributed by atoms with E-state index in [9.17, 15) is 4.79 Å². The molecule has 2 rings (SSSR count). The lowest BCUT2D eigenvalue weighted by atomic mass is 10.2. The number of likely N-dealkylation sites (tertiary alicyclic amines) is 1. The molecule has 2 aliphatic heterocycles. The summed E-state index contributed by atoms with van der Waals surface area (Å²) in [6, 6.07) is 0.735. The Morgan fingerprint density at radius 2 is 2.55 bits per heavy atom. The van der Waals surface area contributed by atoms with E-state index in [-0.39, 0.29) is 6.09 Å². The zero-order valence-corrected chi connectivity index (χ0v) is 6.54. The molecule has 2 fully saturated rings. The van der Waals surface area contributed by atoms with Crippen molar-refractivity contribution in [2.45, 2.75) is 18.5 Å².